The molecule has 0 spiro atoms. The molecule has 0 saturated carbocycles. The van der Waals surface area contributed by atoms with Crippen LogP contribution >= 0.6 is 0 Å². The van der Waals surface area contributed by atoms with Crippen LogP contribution in [0.4, 0.5) is 23.0 Å². The summed E-state index contributed by atoms with van der Waals surface area (Å²) in [5.41, 5.74) is 12.4. The van der Waals surface area contributed by atoms with Crippen molar-refractivity contribution in [1.29, 1.82) is 0 Å². The number of nitrogens with two attached hydrogens (primary N) is 2. The Morgan fingerprint density at radius 2 is 1.83 bits per heavy atom. The molecule has 0 saturated heterocycles. The first-order valence-electron chi connectivity index (χ1n) is 9.00. The lowest BCUT2D eigenvalue weighted by Gasteiger charge is -2.14. The fourth-order valence-electron chi connectivity index (χ4n) is 2.15. The number of nitrogens with zero attached hydrogens (tertiary/aromatic N) is 3. The van der Waals surface area contributed by atoms with Crippen LogP contribution in [0.25, 0.3) is 0 Å². The minimum Gasteiger partial charge on any atom is -0.423 e. The Balaban J connectivity index is 2.16. The van der Waals surface area contributed by atoms with E-state index in [2.05, 4.69) is 25.8 Å². The number of hydrogen-bond acceptors (Lipinski definition) is 9. The molecule has 154 valence electrons. The molecule has 10 heteroatoms. The van der Waals surface area contributed by atoms with E-state index >= 15 is 0 Å². The van der Waals surface area contributed by atoms with Crippen LogP contribution in [-0.4, -0.2) is 36.5 Å². The third kappa shape index (κ3) is 6.33. The third-order valence-corrected chi connectivity index (χ3v) is 3.84. The number of likely N-dealkylation sites (N-methyl/N-ethyl adjacent to an activating group) is 1. The normalized spacial score (nSPS) is 12.2. The molecule has 1 amide bonds. The Bertz CT molecular complexity index is 899. The van der Waals surface area contributed by atoms with Crippen molar-refractivity contribution in [1.82, 2.24) is 10.3 Å². The average Bonchev–Trinajstić information content (AvgIpc) is 2.67. The molecule has 0 aliphatic carbocycles. The van der Waals surface area contributed by atoms with Gasteiger partial charge >= 0.3 is 5.97 Å². The van der Waals surface area contributed by atoms with Gasteiger partial charge in [0.15, 0.2) is 11.6 Å². The second-order valence-electron chi connectivity index (χ2n) is 6.54. The number of carbonyl (C=O) groups is 2. The van der Waals surface area contributed by atoms with Gasteiger partial charge < -0.3 is 26.8 Å². The van der Waals surface area contributed by atoms with Gasteiger partial charge in [0, 0.05) is 0 Å². The zero-order valence-electron chi connectivity index (χ0n) is 16.5. The van der Waals surface area contributed by atoms with Crippen LogP contribution < -0.4 is 26.8 Å². The van der Waals surface area contributed by atoms with Crippen LogP contribution in [0, 0.1) is 5.92 Å². The standard InChI is InChI=1S/C19H25N7O3/c1-11(2)17(20)19(28)29-14-7-5-4-6-12(14)25-26-13-8-9-15(24-18(13)21)23-16(27)10-22-3/h4-9,11,17,22H,10,20H2,1-3H3,(H3,21,23,24,27)/b26-25+. The number of para-hydroxylation sites is 1. The molecule has 1 aromatic heterocycles. The highest BCUT2D eigenvalue weighted by Crippen LogP contribution is 2.30. The van der Waals surface area contributed by atoms with Gasteiger partial charge in [-0.05, 0) is 37.2 Å². The molecule has 0 aliphatic heterocycles. The highest BCUT2D eigenvalue weighted by molar-refractivity contribution is 5.91. The summed E-state index contributed by atoms with van der Waals surface area (Å²) >= 11 is 0. The Kier molecular flexibility index (Phi) is 7.75. The van der Waals surface area contributed by atoms with E-state index in [4.69, 9.17) is 16.2 Å². The molecule has 1 aromatic carbocycles. The summed E-state index contributed by atoms with van der Waals surface area (Å²) in [4.78, 5) is 27.8. The van der Waals surface area contributed by atoms with Crippen LogP contribution in [0.3, 0.4) is 0 Å². The number of rotatable bonds is 8. The predicted molar refractivity (Wildman–Crippen MR) is 110 cm³/mol. The van der Waals surface area contributed by atoms with E-state index < -0.39 is 12.0 Å². The fraction of sp³-hybridized carbons (Fsp3) is 0.316. The van der Waals surface area contributed by atoms with Crippen molar-refractivity contribution in [2.24, 2.45) is 21.9 Å². The maximum absolute atomic E-state index is 12.1. The largest absolute Gasteiger partial charge is 0.423 e. The highest BCUT2D eigenvalue weighted by atomic mass is 16.5. The number of hydrogen-bond donors (Lipinski definition) is 4. The number of nitrogen functional groups attached to an aromatic ring is 1. The van der Waals surface area contributed by atoms with E-state index in [1.807, 2.05) is 13.8 Å². The molecule has 1 unspecified atom stereocenters. The number of carbonyl (C=O) groups excluding carboxylic acids is 2. The lowest BCUT2D eigenvalue weighted by molar-refractivity contribution is -0.136. The maximum atomic E-state index is 12.1. The van der Waals surface area contributed by atoms with Gasteiger partial charge in [0.25, 0.3) is 0 Å². The molecular formula is C19H25N7O3. The first-order valence-corrected chi connectivity index (χ1v) is 9.00. The van der Waals surface area contributed by atoms with Crippen molar-refractivity contribution < 1.29 is 14.3 Å². The quantitative estimate of drug-likeness (QED) is 0.301. The number of aromatic nitrogens is 1. The molecule has 2 aromatic rings. The van der Waals surface area contributed by atoms with E-state index in [-0.39, 0.29) is 29.9 Å². The van der Waals surface area contributed by atoms with Crippen molar-refractivity contribution >= 4 is 34.9 Å². The van der Waals surface area contributed by atoms with E-state index in [1.165, 1.54) is 0 Å². The number of benzene rings is 1. The molecule has 6 N–H and O–H groups in total. The molecule has 1 heterocycles. The third-order valence-electron chi connectivity index (χ3n) is 3.84. The second kappa shape index (κ2) is 10.2. The molecule has 0 aliphatic rings. The minimum absolute atomic E-state index is 0.0609. The van der Waals surface area contributed by atoms with Gasteiger partial charge in [-0.25, -0.2) is 9.78 Å². The van der Waals surface area contributed by atoms with Crippen molar-refractivity contribution in [3.8, 4) is 5.75 Å². The van der Waals surface area contributed by atoms with E-state index in [0.29, 0.717) is 17.2 Å². The first-order chi connectivity index (χ1) is 13.8. The number of nitrogens with one attached hydrogen (secondary N) is 2. The number of esters is 1. The molecular weight excluding hydrogens is 374 g/mol. The van der Waals surface area contributed by atoms with Gasteiger partial charge in [0.05, 0.1) is 6.54 Å². The van der Waals surface area contributed by atoms with Crippen molar-refractivity contribution in [3.63, 3.8) is 0 Å². The zero-order chi connectivity index (χ0) is 21.4. The number of amides is 1. The Morgan fingerprint density at radius 3 is 2.48 bits per heavy atom. The molecule has 0 bridgehead atoms. The topological polar surface area (TPSA) is 157 Å². The first kappa shape index (κ1) is 21.9. The van der Waals surface area contributed by atoms with E-state index in [1.54, 1.807) is 43.4 Å². The molecule has 2 rings (SSSR count). The van der Waals surface area contributed by atoms with E-state index in [0.717, 1.165) is 0 Å². The molecule has 1 atom stereocenters. The van der Waals surface area contributed by atoms with Crippen molar-refractivity contribution in [2.75, 3.05) is 24.6 Å². The number of ether oxygens (including phenoxy) is 1. The summed E-state index contributed by atoms with van der Waals surface area (Å²) in [6.45, 7) is 3.81. The maximum Gasteiger partial charge on any atom is 0.328 e. The van der Waals surface area contributed by atoms with Crippen LogP contribution in [0.15, 0.2) is 46.6 Å². The average molecular weight is 399 g/mol. The Morgan fingerprint density at radius 1 is 1.14 bits per heavy atom. The predicted octanol–water partition coefficient (Wildman–Crippen LogP) is 2.13. The second-order valence-corrected chi connectivity index (χ2v) is 6.54. The summed E-state index contributed by atoms with van der Waals surface area (Å²) in [5, 5.41) is 13.5. The molecule has 29 heavy (non-hydrogen) atoms. The number of pyridine rings is 1. The smallest absolute Gasteiger partial charge is 0.328 e. The summed E-state index contributed by atoms with van der Waals surface area (Å²) in [7, 11) is 1.66. The van der Waals surface area contributed by atoms with Crippen molar-refractivity contribution in [2.45, 2.75) is 19.9 Å². The highest BCUT2D eigenvalue weighted by Gasteiger charge is 2.20. The monoisotopic (exact) mass is 399 g/mol. The molecule has 0 radical (unpaired) electrons. The Labute approximate surface area is 168 Å². The SMILES string of the molecule is CNCC(=O)Nc1ccc(/N=N/c2ccccc2OC(=O)C(N)C(C)C)c(N)n1. The Hall–Kier alpha value is -3.37. The lowest BCUT2D eigenvalue weighted by atomic mass is 10.1. The number of anilines is 2. The minimum atomic E-state index is -0.745. The van der Waals surface area contributed by atoms with Gasteiger partial charge in [0.1, 0.15) is 23.2 Å². The summed E-state index contributed by atoms with van der Waals surface area (Å²) < 4.78 is 5.36. The van der Waals surface area contributed by atoms with Gasteiger partial charge in [0.2, 0.25) is 5.91 Å². The van der Waals surface area contributed by atoms with Gasteiger partial charge in [-0.1, -0.05) is 26.0 Å². The van der Waals surface area contributed by atoms with Gasteiger partial charge in [-0.15, -0.1) is 10.2 Å². The van der Waals surface area contributed by atoms with Crippen molar-refractivity contribution in [3.05, 3.63) is 36.4 Å². The van der Waals surface area contributed by atoms with Gasteiger partial charge in [-0.3, -0.25) is 4.79 Å². The molecule has 10 nitrogen and oxygen atoms in total. The van der Waals surface area contributed by atoms with E-state index in [9.17, 15) is 9.59 Å². The fourth-order valence-corrected chi connectivity index (χ4v) is 2.15. The zero-order valence-corrected chi connectivity index (χ0v) is 16.5. The van der Waals surface area contributed by atoms with Crippen LogP contribution in [0.2, 0.25) is 0 Å². The molecule has 0 fully saturated rings. The summed E-state index contributed by atoms with van der Waals surface area (Å²) in [6, 6.07) is 9.07. The van der Waals surface area contributed by atoms with Crippen LogP contribution in [0.5, 0.6) is 5.75 Å². The summed E-state index contributed by atoms with van der Waals surface area (Å²) in [6.07, 6.45) is 0. The van der Waals surface area contributed by atoms with Gasteiger partial charge in [-0.2, -0.15) is 0 Å². The van der Waals surface area contributed by atoms with Crippen LogP contribution in [0.1, 0.15) is 13.8 Å². The lowest BCUT2D eigenvalue weighted by Crippen LogP contribution is -2.38. The summed E-state index contributed by atoms with van der Waals surface area (Å²) in [5.74, 6) is -0.227. The van der Waals surface area contributed by atoms with Crippen LogP contribution in [-0.2, 0) is 9.59 Å². The number of azo groups is 1.